The Balaban J connectivity index is 1.67. The topological polar surface area (TPSA) is 46.9 Å². The fraction of sp³-hybridized carbons (Fsp3) is 0.143. The number of nitrogens with one attached hydrogen (secondary N) is 1. The van der Waals surface area contributed by atoms with E-state index < -0.39 is 0 Å². The summed E-state index contributed by atoms with van der Waals surface area (Å²) in [5.41, 5.74) is 0.798. The van der Waals surface area contributed by atoms with Crippen LogP contribution in [0.15, 0.2) is 42.0 Å². The summed E-state index contributed by atoms with van der Waals surface area (Å²) in [7, 11) is 0. The number of thiazole rings is 1. The molecule has 2 aromatic heterocycles. The van der Waals surface area contributed by atoms with Gasteiger partial charge in [-0.2, -0.15) is 0 Å². The first kappa shape index (κ1) is 12.8. The maximum atomic E-state index is 13.2. The molecule has 1 aromatic carbocycles. The van der Waals surface area contributed by atoms with Gasteiger partial charge in [-0.15, -0.1) is 11.3 Å². The van der Waals surface area contributed by atoms with Crippen LogP contribution >= 0.6 is 11.3 Å². The Kier molecular flexibility index (Phi) is 3.47. The standard InChI is InChI=1S/C14H12FN3OS/c15-11-2-1-10-3-6-18(12(10)9-11)7-4-13(19)17-14-16-5-8-20-14/h1-3,5-6,8-9H,4,7H2,(H,16,17,19). The van der Waals surface area contributed by atoms with Crippen LogP contribution in [-0.2, 0) is 11.3 Å². The van der Waals surface area contributed by atoms with E-state index in [1.807, 2.05) is 16.8 Å². The first-order chi connectivity index (χ1) is 9.72. The van der Waals surface area contributed by atoms with E-state index in [2.05, 4.69) is 10.3 Å². The molecule has 0 unspecified atom stereocenters. The molecule has 0 aliphatic rings. The van der Waals surface area contributed by atoms with Crippen LogP contribution in [0.3, 0.4) is 0 Å². The highest BCUT2D eigenvalue weighted by molar-refractivity contribution is 7.13. The first-order valence-electron chi connectivity index (χ1n) is 6.16. The number of halogens is 1. The fourth-order valence-corrected chi connectivity index (χ4v) is 2.59. The zero-order valence-corrected chi connectivity index (χ0v) is 11.4. The Morgan fingerprint density at radius 1 is 1.40 bits per heavy atom. The number of carbonyl (C=O) groups excluding carboxylic acids is 1. The van der Waals surface area contributed by atoms with E-state index in [1.165, 1.54) is 23.5 Å². The zero-order valence-electron chi connectivity index (χ0n) is 10.5. The van der Waals surface area contributed by atoms with Crippen molar-refractivity contribution in [2.75, 3.05) is 5.32 Å². The van der Waals surface area contributed by atoms with Gasteiger partial charge >= 0.3 is 0 Å². The third-order valence-corrected chi connectivity index (χ3v) is 3.68. The summed E-state index contributed by atoms with van der Waals surface area (Å²) in [5, 5.41) is 6.09. The van der Waals surface area contributed by atoms with Crippen molar-refractivity contribution < 1.29 is 9.18 Å². The van der Waals surface area contributed by atoms with Gasteiger partial charge < -0.3 is 9.88 Å². The number of hydrogen-bond acceptors (Lipinski definition) is 3. The highest BCUT2D eigenvalue weighted by atomic mass is 32.1. The number of aryl methyl sites for hydroxylation is 1. The SMILES string of the molecule is O=C(CCn1ccc2ccc(F)cc21)Nc1nccs1. The Bertz CT molecular complexity index is 736. The van der Waals surface area contributed by atoms with E-state index in [9.17, 15) is 9.18 Å². The van der Waals surface area contributed by atoms with E-state index in [1.54, 1.807) is 17.6 Å². The second-order valence-electron chi connectivity index (χ2n) is 4.35. The summed E-state index contributed by atoms with van der Waals surface area (Å²) in [5.74, 6) is -0.372. The van der Waals surface area contributed by atoms with E-state index in [0.29, 0.717) is 18.1 Å². The quantitative estimate of drug-likeness (QED) is 0.801. The highest BCUT2D eigenvalue weighted by Crippen LogP contribution is 2.17. The molecule has 3 rings (SSSR count). The summed E-state index contributed by atoms with van der Waals surface area (Å²) in [6.07, 6.45) is 3.82. The number of amides is 1. The molecule has 102 valence electrons. The smallest absolute Gasteiger partial charge is 0.227 e. The normalized spacial score (nSPS) is 10.8. The third kappa shape index (κ3) is 2.70. The molecule has 0 radical (unpaired) electrons. The third-order valence-electron chi connectivity index (χ3n) is 2.99. The molecule has 0 saturated heterocycles. The lowest BCUT2D eigenvalue weighted by atomic mass is 10.2. The predicted octanol–water partition coefficient (Wildman–Crippen LogP) is 3.27. The Labute approximate surface area is 118 Å². The molecule has 3 aromatic rings. The highest BCUT2D eigenvalue weighted by Gasteiger charge is 2.07. The summed E-state index contributed by atoms with van der Waals surface area (Å²) in [6.45, 7) is 0.504. The second-order valence-corrected chi connectivity index (χ2v) is 5.24. The van der Waals surface area contributed by atoms with Gasteiger partial charge in [0.15, 0.2) is 5.13 Å². The molecule has 1 N–H and O–H groups in total. The van der Waals surface area contributed by atoms with Crippen molar-refractivity contribution in [2.24, 2.45) is 0 Å². The molecule has 20 heavy (non-hydrogen) atoms. The first-order valence-corrected chi connectivity index (χ1v) is 7.04. The van der Waals surface area contributed by atoms with E-state index in [4.69, 9.17) is 0 Å². The van der Waals surface area contributed by atoms with Gasteiger partial charge in [-0.05, 0) is 29.7 Å². The summed E-state index contributed by atoms with van der Waals surface area (Å²) >= 11 is 1.38. The van der Waals surface area contributed by atoms with Crippen LogP contribution in [0.2, 0.25) is 0 Å². The molecule has 0 bridgehead atoms. The second kappa shape index (κ2) is 5.42. The lowest BCUT2D eigenvalue weighted by Gasteiger charge is -2.05. The molecular weight excluding hydrogens is 277 g/mol. The van der Waals surface area contributed by atoms with Gasteiger partial charge in [-0.25, -0.2) is 9.37 Å². The monoisotopic (exact) mass is 289 g/mol. The molecule has 4 nitrogen and oxygen atoms in total. The van der Waals surface area contributed by atoms with Gasteiger partial charge in [-0.3, -0.25) is 4.79 Å². The molecule has 0 spiro atoms. The van der Waals surface area contributed by atoms with Crippen molar-refractivity contribution in [2.45, 2.75) is 13.0 Å². The molecule has 0 saturated carbocycles. The Morgan fingerprint density at radius 3 is 3.10 bits per heavy atom. The van der Waals surface area contributed by atoms with Gasteiger partial charge in [0.1, 0.15) is 5.82 Å². The average molecular weight is 289 g/mol. The number of anilines is 1. The molecule has 0 fully saturated rings. The maximum Gasteiger partial charge on any atom is 0.227 e. The largest absolute Gasteiger partial charge is 0.347 e. The summed E-state index contributed by atoms with van der Waals surface area (Å²) in [4.78, 5) is 15.8. The summed E-state index contributed by atoms with van der Waals surface area (Å²) in [6, 6.07) is 6.56. The molecule has 6 heteroatoms. The minimum absolute atomic E-state index is 0.0989. The maximum absolute atomic E-state index is 13.2. The number of benzene rings is 1. The van der Waals surface area contributed by atoms with Crippen LogP contribution in [0.4, 0.5) is 9.52 Å². The van der Waals surface area contributed by atoms with Crippen LogP contribution < -0.4 is 5.32 Å². The van der Waals surface area contributed by atoms with E-state index in [-0.39, 0.29) is 11.7 Å². The number of rotatable bonds is 4. The minimum atomic E-state index is -0.273. The van der Waals surface area contributed by atoms with Gasteiger partial charge in [0, 0.05) is 30.7 Å². The van der Waals surface area contributed by atoms with E-state index >= 15 is 0 Å². The van der Waals surface area contributed by atoms with Gasteiger partial charge in [0.25, 0.3) is 0 Å². The molecular formula is C14H12FN3OS. The number of nitrogens with zero attached hydrogens (tertiary/aromatic N) is 2. The lowest BCUT2D eigenvalue weighted by Crippen LogP contribution is -2.14. The van der Waals surface area contributed by atoms with Crippen molar-refractivity contribution in [1.82, 2.24) is 9.55 Å². The average Bonchev–Trinajstić information content (AvgIpc) is 3.05. The van der Waals surface area contributed by atoms with Crippen molar-refractivity contribution in [1.29, 1.82) is 0 Å². The number of fused-ring (bicyclic) bond motifs is 1. The number of carbonyl (C=O) groups is 1. The minimum Gasteiger partial charge on any atom is -0.347 e. The lowest BCUT2D eigenvalue weighted by molar-refractivity contribution is -0.116. The van der Waals surface area contributed by atoms with Gasteiger partial charge in [0.05, 0.1) is 5.52 Å². The predicted molar refractivity (Wildman–Crippen MR) is 77.3 cm³/mol. The summed E-state index contributed by atoms with van der Waals surface area (Å²) < 4.78 is 15.1. The number of aromatic nitrogens is 2. The van der Waals surface area contributed by atoms with Crippen LogP contribution in [0.5, 0.6) is 0 Å². The molecule has 2 heterocycles. The van der Waals surface area contributed by atoms with Crippen LogP contribution in [-0.4, -0.2) is 15.5 Å². The van der Waals surface area contributed by atoms with Crippen molar-refractivity contribution in [3.8, 4) is 0 Å². The molecule has 0 atom stereocenters. The number of hydrogen-bond donors (Lipinski definition) is 1. The Morgan fingerprint density at radius 2 is 2.30 bits per heavy atom. The van der Waals surface area contributed by atoms with Crippen molar-refractivity contribution >= 4 is 33.3 Å². The molecule has 0 aliphatic carbocycles. The van der Waals surface area contributed by atoms with Gasteiger partial charge in [0.2, 0.25) is 5.91 Å². The van der Waals surface area contributed by atoms with Crippen molar-refractivity contribution in [3.63, 3.8) is 0 Å². The zero-order chi connectivity index (χ0) is 13.9. The van der Waals surface area contributed by atoms with Crippen LogP contribution in [0.1, 0.15) is 6.42 Å². The van der Waals surface area contributed by atoms with Crippen molar-refractivity contribution in [3.05, 3.63) is 47.9 Å². The Hall–Kier alpha value is -2.21. The van der Waals surface area contributed by atoms with Crippen LogP contribution in [0.25, 0.3) is 10.9 Å². The van der Waals surface area contributed by atoms with E-state index in [0.717, 1.165) is 10.9 Å². The molecule has 1 amide bonds. The van der Waals surface area contributed by atoms with Gasteiger partial charge in [-0.1, -0.05) is 0 Å². The van der Waals surface area contributed by atoms with Crippen LogP contribution in [0, 0.1) is 5.82 Å². The fourth-order valence-electron chi connectivity index (χ4n) is 2.04. The molecule has 0 aliphatic heterocycles.